The molecule has 1 aliphatic rings. The Morgan fingerprint density at radius 1 is 1.11 bits per heavy atom. The molecule has 186 valence electrons. The van der Waals surface area contributed by atoms with Gasteiger partial charge in [0, 0.05) is 13.1 Å². The molecule has 0 bridgehead atoms. The van der Waals surface area contributed by atoms with Gasteiger partial charge in [-0.1, -0.05) is 42.5 Å². The Morgan fingerprint density at radius 3 is 2.61 bits per heavy atom. The number of carbonyl (C=O) groups is 1. The molecule has 2 aromatic heterocycles. The van der Waals surface area contributed by atoms with Gasteiger partial charge in [0.2, 0.25) is 11.9 Å². The number of para-hydroxylation sites is 2. The number of fused-ring (bicyclic) bond motifs is 1. The smallest absolute Gasteiger partial charge is 0.333 e. The number of nitrogens with one attached hydrogen (secondary N) is 2. The van der Waals surface area contributed by atoms with Crippen molar-refractivity contribution in [2.75, 3.05) is 32.1 Å². The molecule has 10 nitrogen and oxygen atoms in total. The summed E-state index contributed by atoms with van der Waals surface area (Å²) in [5, 5.41) is 6.19. The van der Waals surface area contributed by atoms with E-state index in [4.69, 9.17) is 9.47 Å². The van der Waals surface area contributed by atoms with Gasteiger partial charge < -0.3 is 20.1 Å². The lowest BCUT2D eigenvalue weighted by Gasteiger charge is -2.24. The number of carbonyl (C=O) groups excluding carboxylic acids is 1. The minimum atomic E-state index is -2.88. The number of esters is 1. The number of rotatable bonds is 7. The zero-order valence-electron chi connectivity index (χ0n) is 19.3. The van der Waals surface area contributed by atoms with Crippen molar-refractivity contribution in [1.82, 2.24) is 29.8 Å². The average Bonchev–Trinajstić information content (AvgIpc) is 3.32. The standard InChI is InChI=1S/C24H23F2N7O3/c1-35-22(34)18(14-7-3-2-4-8-14)29-23-30-20(17-13-27-11-12-36-17)31-24(32-23)33-16-10-6-5-9-15(16)28-21(33)19(25)26/h2-10,17-19,27H,11-13H2,1H3,(H,29,30,31,32). The van der Waals surface area contributed by atoms with Crippen LogP contribution >= 0.6 is 0 Å². The number of morpholine rings is 1. The highest BCUT2D eigenvalue weighted by molar-refractivity contribution is 5.80. The third kappa shape index (κ3) is 4.72. The van der Waals surface area contributed by atoms with Crippen LogP contribution < -0.4 is 10.6 Å². The Bertz CT molecular complexity index is 1360. The molecule has 5 rings (SSSR count). The van der Waals surface area contributed by atoms with E-state index in [0.717, 1.165) is 0 Å². The third-order valence-corrected chi connectivity index (χ3v) is 5.68. The van der Waals surface area contributed by atoms with E-state index < -0.39 is 30.4 Å². The van der Waals surface area contributed by atoms with Gasteiger partial charge in [0.05, 0.1) is 24.8 Å². The highest BCUT2D eigenvalue weighted by Gasteiger charge is 2.28. The zero-order valence-corrected chi connectivity index (χ0v) is 19.3. The van der Waals surface area contributed by atoms with Crippen molar-refractivity contribution in [3.05, 3.63) is 71.8 Å². The topological polar surface area (TPSA) is 116 Å². The summed E-state index contributed by atoms with van der Waals surface area (Å²) in [6, 6.07) is 14.7. The number of aromatic nitrogens is 5. The number of anilines is 1. The average molecular weight is 495 g/mol. The molecule has 2 unspecified atom stereocenters. The Hall–Kier alpha value is -4.03. The highest BCUT2D eigenvalue weighted by Crippen LogP contribution is 2.28. The third-order valence-electron chi connectivity index (χ3n) is 5.68. The van der Waals surface area contributed by atoms with Crippen LogP contribution in [0.5, 0.6) is 0 Å². The minimum absolute atomic E-state index is 0.00132. The molecule has 0 amide bonds. The van der Waals surface area contributed by atoms with Crippen molar-refractivity contribution >= 4 is 23.0 Å². The molecule has 2 N–H and O–H groups in total. The van der Waals surface area contributed by atoms with Gasteiger partial charge >= 0.3 is 5.97 Å². The number of nitrogens with zero attached hydrogens (tertiary/aromatic N) is 5. The number of imidazole rings is 1. The summed E-state index contributed by atoms with van der Waals surface area (Å²) in [4.78, 5) is 30.1. The molecule has 0 aliphatic carbocycles. The zero-order chi connectivity index (χ0) is 25.1. The predicted molar refractivity (Wildman–Crippen MR) is 126 cm³/mol. The van der Waals surface area contributed by atoms with E-state index in [9.17, 15) is 13.6 Å². The molecule has 0 radical (unpaired) electrons. The fourth-order valence-corrected chi connectivity index (χ4v) is 3.99. The van der Waals surface area contributed by atoms with Crippen LogP contribution in [-0.4, -0.2) is 57.3 Å². The predicted octanol–water partition coefficient (Wildman–Crippen LogP) is 3.14. The van der Waals surface area contributed by atoms with Gasteiger partial charge in [-0.25, -0.2) is 18.6 Å². The van der Waals surface area contributed by atoms with Gasteiger partial charge in [-0.2, -0.15) is 15.0 Å². The first-order valence-corrected chi connectivity index (χ1v) is 11.3. The van der Waals surface area contributed by atoms with Crippen molar-refractivity contribution in [1.29, 1.82) is 0 Å². The van der Waals surface area contributed by atoms with Crippen LogP contribution in [0.2, 0.25) is 0 Å². The number of alkyl halides is 2. The molecule has 2 atom stereocenters. The first kappa shape index (κ1) is 23.7. The number of ether oxygens (including phenoxy) is 2. The van der Waals surface area contributed by atoms with Gasteiger partial charge in [-0.3, -0.25) is 4.57 Å². The largest absolute Gasteiger partial charge is 0.467 e. The number of benzene rings is 2. The van der Waals surface area contributed by atoms with Crippen LogP contribution in [0.15, 0.2) is 54.6 Å². The van der Waals surface area contributed by atoms with Gasteiger partial charge in [0.25, 0.3) is 6.43 Å². The van der Waals surface area contributed by atoms with Crippen LogP contribution in [0, 0.1) is 0 Å². The van der Waals surface area contributed by atoms with Gasteiger partial charge in [0.1, 0.15) is 6.10 Å². The normalized spacial score (nSPS) is 16.7. The molecule has 2 aromatic carbocycles. The quantitative estimate of drug-likeness (QED) is 0.373. The molecule has 3 heterocycles. The van der Waals surface area contributed by atoms with Crippen LogP contribution in [0.4, 0.5) is 14.7 Å². The van der Waals surface area contributed by atoms with Crippen molar-refractivity contribution in [2.45, 2.75) is 18.6 Å². The van der Waals surface area contributed by atoms with E-state index in [1.807, 2.05) is 6.07 Å². The maximum absolute atomic E-state index is 14.0. The van der Waals surface area contributed by atoms with Crippen LogP contribution in [-0.2, 0) is 14.3 Å². The Morgan fingerprint density at radius 2 is 1.89 bits per heavy atom. The maximum atomic E-state index is 14.0. The van der Waals surface area contributed by atoms with Crippen molar-refractivity contribution < 1.29 is 23.0 Å². The number of hydrogen-bond acceptors (Lipinski definition) is 9. The summed E-state index contributed by atoms with van der Waals surface area (Å²) in [7, 11) is 1.28. The first-order chi connectivity index (χ1) is 17.5. The van der Waals surface area contributed by atoms with Crippen molar-refractivity contribution in [3.63, 3.8) is 0 Å². The lowest BCUT2D eigenvalue weighted by atomic mass is 10.1. The van der Waals surface area contributed by atoms with E-state index >= 15 is 0 Å². The fraction of sp³-hybridized carbons (Fsp3) is 0.292. The lowest BCUT2D eigenvalue weighted by Crippen LogP contribution is -2.34. The number of halogens is 2. The molecule has 1 aliphatic heterocycles. The van der Waals surface area contributed by atoms with E-state index in [-0.39, 0.29) is 17.7 Å². The number of hydrogen-bond donors (Lipinski definition) is 2. The summed E-state index contributed by atoms with van der Waals surface area (Å²) in [6.45, 7) is 1.52. The highest BCUT2D eigenvalue weighted by atomic mass is 19.3. The summed E-state index contributed by atoms with van der Waals surface area (Å²) < 4.78 is 40.0. The molecule has 1 saturated heterocycles. The second kappa shape index (κ2) is 10.3. The summed E-state index contributed by atoms with van der Waals surface area (Å²) >= 11 is 0. The summed E-state index contributed by atoms with van der Waals surface area (Å²) in [5.74, 6) is -0.917. The fourth-order valence-electron chi connectivity index (χ4n) is 3.99. The van der Waals surface area contributed by atoms with Gasteiger partial charge in [-0.15, -0.1) is 0 Å². The van der Waals surface area contributed by atoms with Gasteiger partial charge in [-0.05, 0) is 17.7 Å². The Balaban J connectivity index is 1.65. The maximum Gasteiger partial charge on any atom is 0.333 e. The van der Waals surface area contributed by atoms with Crippen molar-refractivity contribution in [3.8, 4) is 5.95 Å². The van der Waals surface area contributed by atoms with Crippen molar-refractivity contribution in [2.24, 2.45) is 0 Å². The molecule has 1 fully saturated rings. The van der Waals surface area contributed by atoms with E-state index in [1.54, 1.807) is 48.5 Å². The molecule has 4 aromatic rings. The second-order valence-electron chi connectivity index (χ2n) is 7.99. The molecule has 0 spiro atoms. The monoisotopic (exact) mass is 495 g/mol. The molecular weight excluding hydrogens is 472 g/mol. The molecular formula is C24H23F2N7O3. The lowest BCUT2D eigenvalue weighted by molar-refractivity contribution is -0.141. The molecule has 12 heteroatoms. The summed E-state index contributed by atoms with van der Waals surface area (Å²) in [5.41, 5.74) is 1.40. The Kier molecular flexibility index (Phi) is 6.78. The van der Waals surface area contributed by atoms with E-state index in [2.05, 4.69) is 30.6 Å². The molecule has 36 heavy (non-hydrogen) atoms. The minimum Gasteiger partial charge on any atom is -0.467 e. The first-order valence-electron chi connectivity index (χ1n) is 11.3. The van der Waals surface area contributed by atoms with Crippen LogP contribution in [0.3, 0.4) is 0 Å². The van der Waals surface area contributed by atoms with E-state index in [1.165, 1.54) is 11.7 Å². The summed E-state index contributed by atoms with van der Waals surface area (Å²) in [6.07, 6.45) is -3.42. The van der Waals surface area contributed by atoms with Crippen LogP contribution in [0.25, 0.3) is 17.0 Å². The second-order valence-corrected chi connectivity index (χ2v) is 7.99. The number of methoxy groups -OCH3 is 1. The van der Waals surface area contributed by atoms with Crippen LogP contribution in [0.1, 0.15) is 35.8 Å². The van der Waals surface area contributed by atoms with Gasteiger partial charge in [0.15, 0.2) is 17.7 Å². The SMILES string of the molecule is COC(=O)C(Nc1nc(C2CNCCO2)nc(-n2c(C(F)F)nc3ccccc32)n1)c1ccccc1. The Labute approximate surface area is 204 Å². The molecule has 0 saturated carbocycles. The van der Waals surface area contributed by atoms with E-state index in [0.29, 0.717) is 36.3 Å².